The Morgan fingerprint density at radius 1 is 1.25 bits per heavy atom. The highest BCUT2D eigenvalue weighted by Gasteiger charge is 2.16. The average molecular weight is 278 g/mol. The lowest BCUT2D eigenvalue weighted by Gasteiger charge is -2.23. The number of amides is 1. The van der Waals surface area contributed by atoms with Gasteiger partial charge in [0.15, 0.2) is 0 Å². The van der Waals surface area contributed by atoms with Gasteiger partial charge in [-0.25, -0.2) is 0 Å². The number of ether oxygens (including phenoxy) is 2. The van der Waals surface area contributed by atoms with E-state index < -0.39 is 0 Å². The van der Waals surface area contributed by atoms with E-state index in [0.717, 1.165) is 31.7 Å². The highest BCUT2D eigenvalue weighted by Crippen LogP contribution is 2.13. The molecule has 0 bridgehead atoms. The van der Waals surface area contributed by atoms with Crippen LogP contribution in [0.4, 0.5) is 0 Å². The number of benzene rings is 1. The third kappa shape index (κ3) is 4.51. The Kier molecular flexibility index (Phi) is 5.83. The second kappa shape index (κ2) is 7.87. The number of carbonyl (C=O) groups excluding carboxylic acids is 1. The molecule has 2 N–H and O–H groups in total. The second-order valence-electron chi connectivity index (χ2n) is 4.86. The molecule has 1 saturated heterocycles. The first-order valence-electron chi connectivity index (χ1n) is 7.03. The van der Waals surface area contributed by atoms with Crippen LogP contribution in [-0.2, 0) is 4.74 Å². The molecule has 110 valence electrons. The molecule has 1 fully saturated rings. The highest BCUT2D eigenvalue weighted by molar-refractivity contribution is 5.94. The van der Waals surface area contributed by atoms with Crippen molar-refractivity contribution in [1.82, 2.24) is 10.6 Å². The van der Waals surface area contributed by atoms with E-state index in [4.69, 9.17) is 9.47 Å². The molecular weight excluding hydrogens is 256 g/mol. The fourth-order valence-corrected chi connectivity index (χ4v) is 2.18. The van der Waals surface area contributed by atoms with Gasteiger partial charge in [-0.3, -0.25) is 4.79 Å². The summed E-state index contributed by atoms with van der Waals surface area (Å²) in [6.07, 6.45) is 1.98. The summed E-state index contributed by atoms with van der Waals surface area (Å²) < 4.78 is 10.4. The summed E-state index contributed by atoms with van der Waals surface area (Å²) >= 11 is 0. The summed E-state index contributed by atoms with van der Waals surface area (Å²) in [4.78, 5) is 12.1. The number of carbonyl (C=O) groups is 1. The first kappa shape index (κ1) is 14.8. The average Bonchev–Trinajstić information content (AvgIpc) is 2.49. The lowest BCUT2D eigenvalue weighted by Crippen LogP contribution is -2.42. The van der Waals surface area contributed by atoms with Crippen molar-refractivity contribution >= 4 is 5.91 Å². The molecule has 20 heavy (non-hydrogen) atoms. The van der Waals surface area contributed by atoms with Crippen LogP contribution in [0, 0.1) is 0 Å². The van der Waals surface area contributed by atoms with Gasteiger partial charge in [-0.05, 0) is 50.2 Å². The second-order valence-corrected chi connectivity index (χ2v) is 4.86. The number of methoxy groups -OCH3 is 1. The van der Waals surface area contributed by atoms with Crippen LogP contribution >= 0.6 is 0 Å². The summed E-state index contributed by atoms with van der Waals surface area (Å²) in [5, 5.41) is 6.35. The molecule has 1 amide bonds. The van der Waals surface area contributed by atoms with E-state index in [1.54, 1.807) is 19.2 Å². The zero-order valence-corrected chi connectivity index (χ0v) is 11.9. The van der Waals surface area contributed by atoms with E-state index in [2.05, 4.69) is 10.6 Å². The van der Waals surface area contributed by atoms with E-state index in [1.165, 1.54) is 0 Å². The summed E-state index contributed by atoms with van der Waals surface area (Å²) in [7, 11) is 1.64. The van der Waals surface area contributed by atoms with Crippen molar-refractivity contribution in [3.8, 4) is 5.75 Å². The largest absolute Gasteiger partial charge is 0.491 e. The Balaban J connectivity index is 1.83. The number of nitrogens with one attached hydrogen (secondary N) is 2. The highest BCUT2D eigenvalue weighted by atomic mass is 16.5. The monoisotopic (exact) mass is 278 g/mol. The van der Waals surface area contributed by atoms with Crippen LogP contribution in [0.1, 0.15) is 23.2 Å². The third-order valence-corrected chi connectivity index (χ3v) is 3.35. The number of piperidine rings is 1. The van der Waals surface area contributed by atoms with E-state index in [9.17, 15) is 4.79 Å². The molecule has 1 aliphatic rings. The molecular formula is C15H22N2O3. The number of hydrogen-bond acceptors (Lipinski definition) is 4. The van der Waals surface area contributed by atoms with Gasteiger partial charge in [0.2, 0.25) is 0 Å². The molecule has 1 aliphatic heterocycles. The first-order valence-corrected chi connectivity index (χ1v) is 7.03. The van der Waals surface area contributed by atoms with Crippen molar-refractivity contribution < 1.29 is 14.3 Å². The fraction of sp³-hybridized carbons (Fsp3) is 0.533. The summed E-state index contributed by atoms with van der Waals surface area (Å²) in [5.41, 5.74) is 0.669. The van der Waals surface area contributed by atoms with E-state index in [0.29, 0.717) is 18.8 Å². The van der Waals surface area contributed by atoms with Crippen molar-refractivity contribution in [2.45, 2.75) is 18.9 Å². The van der Waals surface area contributed by atoms with Crippen molar-refractivity contribution in [3.63, 3.8) is 0 Å². The van der Waals surface area contributed by atoms with Crippen molar-refractivity contribution in [2.24, 2.45) is 0 Å². The number of rotatable bonds is 6. The molecule has 0 aliphatic carbocycles. The molecule has 2 rings (SSSR count). The summed E-state index contributed by atoms with van der Waals surface area (Å²) in [5.74, 6) is 0.737. The van der Waals surface area contributed by atoms with Gasteiger partial charge in [0.05, 0.1) is 6.61 Å². The maximum absolute atomic E-state index is 12.1. The predicted octanol–water partition coefficient (Wildman–Crippen LogP) is 1.19. The molecule has 0 radical (unpaired) electrons. The Labute approximate surface area is 119 Å². The first-order chi connectivity index (χ1) is 9.79. The van der Waals surface area contributed by atoms with Crippen molar-refractivity contribution in [1.29, 1.82) is 0 Å². The summed E-state index contributed by atoms with van der Waals surface area (Å²) in [6, 6.07) is 7.48. The fourth-order valence-electron chi connectivity index (χ4n) is 2.18. The molecule has 0 unspecified atom stereocenters. The van der Waals surface area contributed by atoms with Gasteiger partial charge in [-0.2, -0.15) is 0 Å². The Hall–Kier alpha value is -1.59. The normalized spacial score (nSPS) is 15.8. The minimum atomic E-state index is -0.0136. The molecule has 0 saturated carbocycles. The lowest BCUT2D eigenvalue weighted by molar-refractivity contribution is 0.0929. The van der Waals surface area contributed by atoms with Gasteiger partial charge in [0.25, 0.3) is 5.91 Å². The Morgan fingerprint density at radius 2 is 1.95 bits per heavy atom. The Morgan fingerprint density at radius 3 is 2.60 bits per heavy atom. The number of hydrogen-bond donors (Lipinski definition) is 2. The van der Waals surface area contributed by atoms with Crippen LogP contribution in [0.5, 0.6) is 5.75 Å². The maximum Gasteiger partial charge on any atom is 0.251 e. The predicted molar refractivity (Wildman–Crippen MR) is 77.2 cm³/mol. The topological polar surface area (TPSA) is 59.6 Å². The van der Waals surface area contributed by atoms with Gasteiger partial charge in [-0.15, -0.1) is 0 Å². The van der Waals surface area contributed by atoms with Crippen LogP contribution in [-0.4, -0.2) is 45.4 Å². The van der Waals surface area contributed by atoms with Crippen molar-refractivity contribution in [2.75, 3.05) is 33.4 Å². The van der Waals surface area contributed by atoms with Crippen LogP contribution < -0.4 is 15.4 Å². The standard InChI is InChI=1S/C15H22N2O3/c1-19-10-11-20-14-4-2-12(3-5-14)15(18)17-13-6-8-16-9-7-13/h2-5,13,16H,6-11H2,1H3,(H,17,18). The zero-order chi connectivity index (χ0) is 14.2. The molecule has 0 atom stereocenters. The molecule has 1 heterocycles. The maximum atomic E-state index is 12.1. The van der Waals surface area contributed by atoms with Crippen LogP contribution in [0.15, 0.2) is 24.3 Å². The van der Waals surface area contributed by atoms with Crippen LogP contribution in [0.2, 0.25) is 0 Å². The molecule has 1 aromatic carbocycles. The van der Waals surface area contributed by atoms with Gasteiger partial charge in [0, 0.05) is 18.7 Å². The minimum Gasteiger partial charge on any atom is -0.491 e. The minimum absolute atomic E-state index is 0.0136. The zero-order valence-electron chi connectivity index (χ0n) is 11.9. The van der Waals surface area contributed by atoms with E-state index in [1.807, 2.05) is 12.1 Å². The molecule has 5 heteroatoms. The third-order valence-electron chi connectivity index (χ3n) is 3.35. The van der Waals surface area contributed by atoms with Gasteiger partial charge < -0.3 is 20.1 Å². The van der Waals surface area contributed by atoms with Gasteiger partial charge in [0.1, 0.15) is 12.4 Å². The van der Waals surface area contributed by atoms with E-state index in [-0.39, 0.29) is 11.9 Å². The molecule has 0 aromatic heterocycles. The van der Waals surface area contributed by atoms with Crippen LogP contribution in [0.3, 0.4) is 0 Å². The van der Waals surface area contributed by atoms with Gasteiger partial charge >= 0.3 is 0 Å². The quantitative estimate of drug-likeness (QED) is 0.768. The smallest absolute Gasteiger partial charge is 0.251 e. The molecule has 1 aromatic rings. The van der Waals surface area contributed by atoms with Crippen LogP contribution in [0.25, 0.3) is 0 Å². The SMILES string of the molecule is COCCOc1ccc(C(=O)NC2CCNCC2)cc1. The van der Waals surface area contributed by atoms with Gasteiger partial charge in [-0.1, -0.05) is 0 Å². The summed E-state index contributed by atoms with van der Waals surface area (Å²) in [6.45, 7) is 3.00. The molecule has 5 nitrogen and oxygen atoms in total. The van der Waals surface area contributed by atoms with E-state index >= 15 is 0 Å². The Bertz CT molecular complexity index is 414. The molecule has 0 spiro atoms. The van der Waals surface area contributed by atoms with Crippen molar-refractivity contribution in [3.05, 3.63) is 29.8 Å². The lowest BCUT2D eigenvalue weighted by atomic mass is 10.1.